The van der Waals surface area contributed by atoms with Gasteiger partial charge in [0, 0.05) is 93.8 Å². The van der Waals surface area contributed by atoms with Gasteiger partial charge < -0.3 is 28.7 Å². The predicted molar refractivity (Wildman–Crippen MR) is 385 cm³/mol. The number of aryl methyl sites for hydroxylation is 5. The number of amides is 5. The highest BCUT2D eigenvalue weighted by Gasteiger charge is 2.28. The zero-order valence-electron chi connectivity index (χ0n) is 59.9. The molecule has 5 rings (SSSR count). The van der Waals surface area contributed by atoms with Gasteiger partial charge in [0.1, 0.15) is 46.4 Å². The van der Waals surface area contributed by atoms with Crippen LogP contribution >= 0.6 is 0 Å². The van der Waals surface area contributed by atoms with Gasteiger partial charge in [0.15, 0.2) is 0 Å². The summed E-state index contributed by atoms with van der Waals surface area (Å²) in [5, 5.41) is 0. The molecule has 0 saturated heterocycles. The molecule has 0 spiro atoms. The largest absolute Gasteiger partial charge is 0.369 e. The number of carbonyl (C=O) groups is 10. The Morgan fingerprint density at radius 2 is 0.602 bits per heavy atom. The second-order valence-corrected chi connectivity index (χ2v) is 27.0. The molecule has 5 amide bonds. The number of halogens is 3. The molecule has 5 aromatic carbocycles. The average Bonchev–Trinajstić information content (AvgIpc) is 0.896. The van der Waals surface area contributed by atoms with Crippen LogP contribution < -0.4 is 28.7 Å². The van der Waals surface area contributed by atoms with Gasteiger partial charge >= 0.3 is 0 Å². The van der Waals surface area contributed by atoms with Crippen LogP contribution in [0.25, 0.3) is 0 Å². The summed E-state index contributed by atoms with van der Waals surface area (Å²) in [6.07, 6.45) is 5.81. The van der Waals surface area contributed by atoms with E-state index in [0.29, 0.717) is 54.7 Å². The molecule has 0 aliphatic carbocycles. The molecule has 5 aromatic rings. The van der Waals surface area contributed by atoms with Crippen molar-refractivity contribution >= 4 is 58.5 Å². The van der Waals surface area contributed by atoms with Crippen molar-refractivity contribution in [2.24, 2.45) is 81.9 Å². The van der Waals surface area contributed by atoms with Crippen LogP contribution in [0.5, 0.6) is 0 Å². The van der Waals surface area contributed by atoms with Gasteiger partial charge in [0.2, 0.25) is 29.5 Å². The molecule has 0 aliphatic heterocycles. The number of nitrogens with two attached hydrogens (primary N) is 5. The molecule has 18 heteroatoms. The highest BCUT2D eigenvalue weighted by molar-refractivity contribution is 5.90. The Kier molecular flexibility index (Phi) is 42.7. The highest BCUT2D eigenvalue weighted by Crippen LogP contribution is 2.24. The minimum Gasteiger partial charge on any atom is -0.369 e. The molecule has 0 aliphatic rings. The molecule has 0 fully saturated rings. The van der Waals surface area contributed by atoms with Crippen molar-refractivity contribution in [1.82, 2.24) is 0 Å². The lowest BCUT2D eigenvalue weighted by Gasteiger charge is -2.18. The third kappa shape index (κ3) is 36.8. The molecule has 10 N–H and O–H groups in total. The fourth-order valence-corrected chi connectivity index (χ4v) is 10.7. The molecule has 0 saturated carbocycles. The van der Waals surface area contributed by atoms with Gasteiger partial charge in [-0.05, 0) is 140 Å². The number of hydrogen-bond donors (Lipinski definition) is 5. The van der Waals surface area contributed by atoms with Gasteiger partial charge in [-0.15, -0.1) is 0 Å². The lowest BCUT2D eigenvalue weighted by Crippen LogP contribution is -2.31. The molecule has 0 radical (unpaired) electrons. The lowest BCUT2D eigenvalue weighted by atomic mass is 9.86. The van der Waals surface area contributed by atoms with E-state index in [4.69, 9.17) is 28.7 Å². The van der Waals surface area contributed by atoms with E-state index >= 15 is 0 Å². The summed E-state index contributed by atoms with van der Waals surface area (Å²) in [5.74, 6) is -4.75. The van der Waals surface area contributed by atoms with Gasteiger partial charge in [-0.1, -0.05) is 185 Å². The van der Waals surface area contributed by atoms with Crippen LogP contribution in [0.15, 0.2) is 103 Å². The topological polar surface area (TPSA) is 301 Å². The summed E-state index contributed by atoms with van der Waals surface area (Å²) in [7, 11) is 0. The minimum absolute atomic E-state index is 0. The maximum Gasteiger partial charge on any atom is 0.221 e. The number of hydrogen-bond acceptors (Lipinski definition) is 10. The Balaban J connectivity index is 0.00000120. The predicted octanol–water partition coefficient (Wildman–Crippen LogP) is 14.0. The molecular formula is C80H114F3N5O10. The van der Waals surface area contributed by atoms with Crippen molar-refractivity contribution in [3.8, 4) is 0 Å². The first-order valence-electron chi connectivity index (χ1n) is 33.8. The summed E-state index contributed by atoms with van der Waals surface area (Å²) in [6, 6.07) is 30.1. The summed E-state index contributed by atoms with van der Waals surface area (Å²) in [6.45, 7) is 27.1. The van der Waals surface area contributed by atoms with E-state index in [-0.39, 0.29) is 147 Å². The van der Waals surface area contributed by atoms with Gasteiger partial charge in [-0.2, -0.15) is 0 Å². The van der Waals surface area contributed by atoms with Crippen molar-refractivity contribution in [1.29, 1.82) is 0 Å². The van der Waals surface area contributed by atoms with E-state index in [1.165, 1.54) is 29.3 Å². The van der Waals surface area contributed by atoms with E-state index in [1.807, 2.05) is 125 Å². The number of primary amides is 5. The lowest BCUT2D eigenvalue weighted by molar-refractivity contribution is -0.128. The summed E-state index contributed by atoms with van der Waals surface area (Å²) in [4.78, 5) is 117. The van der Waals surface area contributed by atoms with E-state index in [0.717, 1.165) is 47.1 Å². The SMILES string of the molecule is C.CCC[C@H](CC(=O)Cc1ccc(C)cc1F)C(N)=O.CC[C@H](C)[C@H](CC(=O)Cc1ccc(C)cc1)C(N)=O.CC[C@H](C)[C@H](CC(=O)Cc1ccc(C)cc1F)C(N)=O.Cc1ccc(CC(=O)C[C@@H](CC(C)C)C(N)=O)c(F)c1.Cc1ccc(CC(=O)C[C@@H](CC(C)C)C(N)=O)cc1. The Hall–Kier alpha value is -8.41. The van der Waals surface area contributed by atoms with E-state index in [1.54, 1.807) is 57.2 Å². The molecule has 540 valence electrons. The van der Waals surface area contributed by atoms with E-state index in [2.05, 4.69) is 0 Å². The van der Waals surface area contributed by atoms with Crippen LogP contribution in [0.1, 0.15) is 196 Å². The van der Waals surface area contributed by atoms with Crippen LogP contribution in [-0.2, 0) is 80.0 Å². The number of Topliss-reactive ketones (excluding diaryl/α,β-unsaturated/α-hetero) is 5. The van der Waals surface area contributed by atoms with Crippen molar-refractivity contribution in [2.75, 3.05) is 0 Å². The molecule has 15 nitrogen and oxygen atoms in total. The Morgan fingerprint density at radius 1 is 0.347 bits per heavy atom. The molecule has 0 bridgehead atoms. The molecule has 7 atom stereocenters. The second kappa shape index (κ2) is 46.7. The molecule has 0 aromatic heterocycles. The number of carbonyl (C=O) groups excluding carboxylic acids is 10. The first-order chi connectivity index (χ1) is 45.4. The Bertz CT molecular complexity index is 3370. The summed E-state index contributed by atoms with van der Waals surface area (Å²) >= 11 is 0. The normalized spacial score (nSPS) is 12.8. The molecule has 0 heterocycles. The van der Waals surface area contributed by atoms with Crippen LogP contribution in [-0.4, -0.2) is 58.5 Å². The third-order valence-corrected chi connectivity index (χ3v) is 16.9. The minimum atomic E-state index is -0.471. The van der Waals surface area contributed by atoms with Crippen molar-refractivity contribution < 1.29 is 61.1 Å². The molecule has 98 heavy (non-hydrogen) atoms. The third-order valence-electron chi connectivity index (χ3n) is 16.9. The number of rotatable bonds is 35. The van der Waals surface area contributed by atoms with Gasteiger partial charge in [0.25, 0.3) is 0 Å². The van der Waals surface area contributed by atoms with Crippen molar-refractivity contribution in [2.45, 2.75) is 207 Å². The first kappa shape index (κ1) is 89.6. The smallest absolute Gasteiger partial charge is 0.221 e. The summed E-state index contributed by atoms with van der Waals surface area (Å²) in [5.41, 5.74) is 34.5. The van der Waals surface area contributed by atoms with E-state index < -0.39 is 35.5 Å². The highest BCUT2D eigenvalue weighted by atomic mass is 19.1. The van der Waals surface area contributed by atoms with Gasteiger partial charge in [-0.3, -0.25) is 47.9 Å². The number of ketones is 5. The fraction of sp³-hybridized carbons (Fsp3) is 0.500. The Labute approximate surface area is 582 Å². The van der Waals surface area contributed by atoms with E-state index in [9.17, 15) is 61.1 Å². The number of benzene rings is 5. The van der Waals surface area contributed by atoms with Crippen LogP contribution in [0.2, 0.25) is 0 Å². The monoisotopic (exact) mass is 1360 g/mol. The second-order valence-electron chi connectivity index (χ2n) is 27.0. The standard InChI is InChI=1S/2C16H22FNO2.2C16H23NO2.C15H20FNO2.CH4/c1-10(2)6-13(16(18)20)9-14(19)8-12-5-4-11(3)7-15(12)17;1-4-11(3)14(16(18)20)9-13(19)8-12-6-5-10(2)7-15(12)17;1-11(2)8-14(16(17)19)10-15(18)9-13-6-4-12(3)5-7-13;1-4-12(3)15(16(17)19)10-14(18)9-13-7-5-11(2)6-8-13;1-3-4-12(15(17)19)9-13(18)8-11-6-5-10(2)7-14(11)16;/h4-5,7,10,13H,6,8-9H2,1-3H3,(H2,18,20);5-7,11,14H,4,8-9H2,1-3H3,(H2,18,20);4-7,11,14H,8-10H2,1-3H3,(H2,17,19);5-8,12,15H,4,9-10H2,1-3H3,(H2,17,19);5-7,12H,3-4,8-9H2,1-2H3,(H2,17,19);1H4/t13-;11-,14-;14-;12-,15-;12-;/m10101./s1. The van der Waals surface area contributed by atoms with Crippen molar-refractivity contribution in [3.05, 3.63) is 176 Å². The molecular weight excluding hydrogens is 1250 g/mol. The van der Waals surface area contributed by atoms with Crippen LogP contribution in [0.3, 0.4) is 0 Å². The summed E-state index contributed by atoms with van der Waals surface area (Å²) < 4.78 is 41.0. The van der Waals surface area contributed by atoms with Gasteiger partial charge in [0.05, 0.1) is 0 Å². The average molecular weight is 1360 g/mol. The zero-order chi connectivity index (χ0) is 73.8. The van der Waals surface area contributed by atoms with Crippen LogP contribution in [0, 0.1) is 105 Å². The maximum atomic E-state index is 13.7. The zero-order valence-corrected chi connectivity index (χ0v) is 59.9. The Morgan fingerprint density at radius 3 is 0.847 bits per heavy atom. The molecule has 0 unspecified atom stereocenters. The van der Waals surface area contributed by atoms with Crippen molar-refractivity contribution in [3.63, 3.8) is 0 Å². The quantitative estimate of drug-likeness (QED) is 0.0255. The maximum absolute atomic E-state index is 13.7. The van der Waals surface area contributed by atoms with Crippen LogP contribution in [0.4, 0.5) is 13.2 Å². The first-order valence-corrected chi connectivity index (χ1v) is 33.8. The van der Waals surface area contributed by atoms with Gasteiger partial charge in [-0.25, -0.2) is 13.2 Å². The fourth-order valence-electron chi connectivity index (χ4n) is 10.7.